The zero-order valence-electron chi connectivity index (χ0n) is 18.2. The molecule has 7 nitrogen and oxygen atoms in total. The van der Waals surface area contributed by atoms with Gasteiger partial charge in [0.15, 0.2) is 9.84 Å². The molecule has 0 radical (unpaired) electrons. The molecule has 34 heavy (non-hydrogen) atoms. The molecule has 2 N–H and O–H groups in total. The van der Waals surface area contributed by atoms with E-state index in [0.717, 1.165) is 18.4 Å². The lowest BCUT2D eigenvalue weighted by atomic mass is 9.91. The number of benzene rings is 3. The average Bonchev–Trinajstić information content (AvgIpc) is 2.76. The number of fused-ring (bicyclic) bond motifs is 1. The molecule has 0 spiro atoms. The van der Waals surface area contributed by atoms with Crippen LogP contribution in [0.15, 0.2) is 75.4 Å². The van der Waals surface area contributed by atoms with Crippen LogP contribution in [0.2, 0.25) is 0 Å². The van der Waals surface area contributed by atoms with E-state index >= 15 is 4.39 Å². The number of sulfone groups is 1. The zero-order chi connectivity index (χ0) is 24.7. The van der Waals surface area contributed by atoms with E-state index in [-0.39, 0.29) is 33.5 Å². The Bertz CT molecular complexity index is 1500. The van der Waals surface area contributed by atoms with Crippen LogP contribution >= 0.6 is 0 Å². The molecular weight excluding hydrogens is 484 g/mol. The first-order valence-corrected chi connectivity index (χ1v) is 13.5. The predicted octanol–water partition coefficient (Wildman–Crippen LogP) is 3.78. The molecule has 3 aromatic rings. The van der Waals surface area contributed by atoms with Crippen molar-refractivity contribution in [2.45, 2.75) is 29.2 Å². The Morgan fingerprint density at radius 3 is 2.38 bits per heavy atom. The first kappa shape index (κ1) is 23.8. The van der Waals surface area contributed by atoms with Gasteiger partial charge in [0.2, 0.25) is 5.96 Å². The van der Waals surface area contributed by atoms with E-state index in [1.54, 1.807) is 25.1 Å². The highest BCUT2D eigenvalue weighted by molar-refractivity contribution is 7.90. The maximum Gasteiger partial charge on any atom is 0.266 e. The Labute approximate surface area is 196 Å². The van der Waals surface area contributed by atoms with Crippen LogP contribution in [0.5, 0.6) is 0 Å². The summed E-state index contributed by atoms with van der Waals surface area (Å²) >= 11 is 0. The number of anilines is 1. The molecule has 0 amide bonds. The van der Waals surface area contributed by atoms with Crippen LogP contribution in [0.4, 0.5) is 14.5 Å². The number of nitrogens with one attached hydrogen (secondary N) is 2. The SMILES string of the molecule is CC(c1ccc(S(C)(=O)=O)cc1)c1c(F)ccc2c1NC(=NCc1cccc(F)c1)NS2(=O)=O. The van der Waals surface area contributed by atoms with Crippen molar-refractivity contribution in [2.24, 2.45) is 4.99 Å². The molecule has 11 heteroatoms. The maximum absolute atomic E-state index is 15.0. The normalized spacial score (nSPS) is 16.9. The fourth-order valence-corrected chi connectivity index (χ4v) is 5.51. The molecule has 0 bridgehead atoms. The van der Waals surface area contributed by atoms with Crippen molar-refractivity contribution in [3.8, 4) is 0 Å². The fraction of sp³-hybridized carbons (Fsp3) is 0.174. The van der Waals surface area contributed by atoms with E-state index in [0.29, 0.717) is 11.1 Å². The van der Waals surface area contributed by atoms with Gasteiger partial charge in [0.05, 0.1) is 17.1 Å². The third kappa shape index (κ3) is 4.80. The Balaban J connectivity index is 1.74. The topological polar surface area (TPSA) is 105 Å². The Kier molecular flexibility index (Phi) is 6.17. The van der Waals surface area contributed by atoms with E-state index in [1.165, 1.54) is 30.3 Å². The number of hydrogen-bond acceptors (Lipinski definition) is 5. The summed E-state index contributed by atoms with van der Waals surface area (Å²) in [5.74, 6) is -1.81. The molecule has 1 atom stereocenters. The molecule has 1 aliphatic rings. The van der Waals surface area contributed by atoms with Gasteiger partial charge in [0, 0.05) is 17.7 Å². The zero-order valence-corrected chi connectivity index (χ0v) is 19.8. The van der Waals surface area contributed by atoms with Crippen LogP contribution in [0.25, 0.3) is 0 Å². The lowest BCUT2D eigenvalue weighted by Gasteiger charge is -2.26. The van der Waals surface area contributed by atoms with Crippen molar-refractivity contribution < 1.29 is 25.6 Å². The van der Waals surface area contributed by atoms with Crippen molar-refractivity contribution >= 4 is 31.5 Å². The van der Waals surface area contributed by atoms with Crippen LogP contribution in [0.1, 0.15) is 29.5 Å². The first-order valence-electron chi connectivity index (χ1n) is 10.2. The number of hydrogen-bond donors (Lipinski definition) is 2. The van der Waals surface area contributed by atoms with Gasteiger partial charge in [-0.2, -0.15) is 0 Å². The Morgan fingerprint density at radius 1 is 1.03 bits per heavy atom. The molecule has 0 saturated carbocycles. The molecular formula is C23H21F2N3O4S2. The van der Waals surface area contributed by atoms with E-state index in [1.807, 2.05) is 0 Å². The first-order chi connectivity index (χ1) is 16.0. The van der Waals surface area contributed by atoms with Gasteiger partial charge in [0.1, 0.15) is 16.5 Å². The van der Waals surface area contributed by atoms with Crippen LogP contribution in [-0.2, 0) is 26.4 Å². The Hall–Kier alpha value is -3.31. The summed E-state index contributed by atoms with van der Waals surface area (Å²) in [7, 11) is -7.45. The molecule has 0 fully saturated rings. The maximum atomic E-state index is 15.0. The summed E-state index contributed by atoms with van der Waals surface area (Å²) in [6, 6.07) is 13.9. The van der Waals surface area contributed by atoms with Gasteiger partial charge in [-0.15, -0.1) is 0 Å². The summed E-state index contributed by atoms with van der Waals surface area (Å²) in [5, 5.41) is 2.86. The van der Waals surface area contributed by atoms with E-state index in [4.69, 9.17) is 0 Å². The second-order valence-electron chi connectivity index (χ2n) is 7.92. The van der Waals surface area contributed by atoms with Gasteiger partial charge in [-0.1, -0.05) is 31.2 Å². The predicted molar refractivity (Wildman–Crippen MR) is 125 cm³/mol. The average molecular weight is 506 g/mol. The number of sulfonamides is 1. The minimum atomic E-state index is -4.05. The molecule has 0 saturated heterocycles. The van der Waals surface area contributed by atoms with Crippen molar-refractivity contribution in [1.82, 2.24) is 4.72 Å². The van der Waals surface area contributed by atoms with Gasteiger partial charge >= 0.3 is 0 Å². The van der Waals surface area contributed by atoms with E-state index < -0.39 is 37.4 Å². The van der Waals surface area contributed by atoms with Crippen LogP contribution in [-0.4, -0.2) is 29.1 Å². The van der Waals surface area contributed by atoms with Gasteiger partial charge in [-0.05, 0) is 47.5 Å². The van der Waals surface area contributed by atoms with Crippen LogP contribution in [0, 0.1) is 11.6 Å². The van der Waals surface area contributed by atoms with Gasteiger partial charge in [-0.25, -0.2) is 35.3 Å². The van der Waals surface area contributed by atoms with Crippen LogP contribution in [0.3, 0.4) is 0 Å². The highest BCUT2D eigenvalue weighted by atomic mass is 32.2. The highest BCUT2D eigenvalue weighted by Gasteiger charge is 2.32. The van der Waals surface area contributed by atoms with E-state index in [9.17, 15) is 21.2 Å². The van der Waals surface area contributed by atoms with Crippen molar-refractivity contribution in [2.75, 3.05) is 11.6 Å². The van der Waals surface area contributed by atoms with Crippen LogP contribution < -0.4 is 10.0 Å². The third-order valence-electron chi connectivity index (χ3n) is 5.47. The second-order valence-corrected chi connectivity index (χ2v) is 11.6. The summed E-state index contributed by atoms with van der Waals surface area (Å²) in [6.07, 6.45) is 1.09. The summed E-state index contributed by atoms with van der Waals surface area (Å²) < 4.78 is 80.0. The molecule has 3 aromatic carbocycles. The number of aliphatic imine (C=N–C) groups is 1. The summed E-state index contributed by atoms with van der Waals surface area (Å²) in [5.41, 5.74) is 1.25. The van der Waals surface area contributed by atoms with Gasteiger partial charge < -0.3 is 5.32 Å². The lowest BCUT2D eigenvalue weighted by Crippen LogP contribution is -2.41. The third-order valence-corrected chi connectivity index (χ3v) is 7.98. The highest BCUT2D eigenvalue weighted by Crippen LogP contribution is 2.38. The summed E-state index contributed by atoms with van der Waals surface area (Å²) in [6.45, 7) is 1.68. The van der Waals surface area contributed by atoms with Crippen molar-refractivity contribution in [3.05, 3.63) is 89.0 Å². The van der Waals surface area contributed by atoms with E-state index in [2.05, 4.69) is 15.0 Å². The quantitative estimate of drug-likeness (QED) is 0.549. The standard InChI is InChI=1S/C23H21F2N3O4S2/c1-14(16-6-8-18(9-7-16)33(2,29)30)21-19(25)10-11-20-22(21)27-23(28-34(20,31)32)26-13-15-4-3-5-17(24)12-15/h3-12,14H,13H2,1-2H3,(H2,26,27,28). The summed E-state index contributed by atoms with van der Waals surface area (Å²) in [4.78, 5) is 4.17. The fourth-order valence-electron chi connectivity index (χ4n) is 3.72. The smallest absolute Gasteiger partial charge is 0.266 e. The Morgan fingerprint density at radius 2 is 1.74 bits per heavy atom. The monoisotopic (exact) mass is 505 g/mol. The molecule has 1 unspecified atom stereocenters. The van der Waals surface area contributed by atoms with Crippen molar-refractivity contribution in [1.29, 1.82) is 0 Å². The molecule has 178 valence electrons. The second kappa shape index (κ2) is 8.80. The minimum absolute atomic E-state index is 0.00883. The van der Waals surface area contributed by atoms with Gasteiger partial charge in [-0.3, -0.25) is 0 Å². The molecule has 0 aliphatic carbocycles. The molecule has 1 heterocycles. The minimum Gasteiger partial charge on any atom is -0.324 e. The molecule has 4 rings (SSSR count). The largest absolute Gasteiger partial charge is 0.324 e. The molecule has 0 aromatic heterocycles. The number of halogens is 2. The number of guanidine groups is 1. The lowest BCUT2D eigenvalue weighted by molar-refractivity contribution is 0.586. The van der Waals surface area contributed by atoms with Gasteiger partial charge in [0.25, 0.3) is 10.0 Å². The van der Waals surface area contributed by atoms with Crippen molar-refractivity contribution in [3.63, 3.8) is 0 Å². The molecule has 1 aliphatic heterocycles. The number of rotatable bonds is 5. The number of nitrogens with zero attached hydrogens (tertiary/aromatic N) is 1.